The molecule has 0 bridgehead atoms. The third kappa shape index (κ3) is 2.71. The van der Waals surface area contributed by atoms with Crippen LogP contribution in [0.15, 0.2) is 6.20 Å². The average Bonchev–Trinajstić information content (AvgIpc) is 2.73. The number of anilines is 1. The molecule has 1 aromatic heterocycles. The molecule has 112 valence electrons. The van der Waals surface area contributed by atoms with Crippen LogP contribution in [0.1, 0.15) is 51.1 Å². The zero-order valence-corrected chi connectivity index (χ0v) is 13.0. The summed E-state index contributed by atoms with van der Waals surface area (Å²) in [4.78, 5) is 2.59. The maximum Gasteiger partial charge on any atom is 0.0855 e. The van der Waals surface area contributed by atoms with Crippen LogP contribution in [0.4, 0.5) is 5.69 Å². The van der Waals surface area contributed by atoms with Crippen LogP contribution in [0.3, 0.4) is 0 Å². The monoisotopic (exact) mass is 276 g/mol. The fourth-order valence-electron chi connectivity index (χ4n) is 3.93. The van der Waals surface area contributed by atoms with Gasteiger partial charge in [0.15, 0.2) is 0 Å². The number of rotatable bonds is 2. The highest BCUT2D eigenvalue weighted by atomic mass is 15.3. The van der Waals surface area contributed by atoms with E-state index >= 15 is 0 Å². The number of nitrogens with one attached hydrogen (secondary N) is 1. The Kier molecular flexibility index (Phi) is 4.01. The summed E-state index contributed by atoms with van der Waals surface area (Å²) in [6.45, 7) is 5.69. The number of aromatic nitrogens is 2. The van der Waals surface area contributed by atoms with Gasteiger partial charge in [0.25, 0.3) is 0 Å². The molecular formula is C16H28N4. The third-order valence-electron chi connectivity index (χ3n) is 4.97. The molecule has 4 nitrogen and oxygen atoms in total. The van der Waals surface area contributed by atoms with Gasteiger partial charge in [-0.15, -0.1) is 0 Å². The van der Waals surface area contributed by atoms with Gasteiger partial charge in [-0.3, -0.25) is 4.68 Å². The van der Waals surface area contributed by atoms with Gasteiger partial charge < -0.3 is 10.2 Å². The molecule has 0 amide bonds. The second kappa shape index (κ2) is 5.76. The number of hydrogen-bond acceptors (Lipinski definition) is 3. The molecule has 1 spiro atoms. The Morgan fingerprint density at radius 1 is 1.25 bits per heavy atom. The van der Waals surface area contributed by atoms with E-state index in [4.69, 9.17) is 0 Å². The maximum absolute atomic E-state index is 4.62. The molecule has 3 rings (SSSR count). The molecule has 1 aromatic rings. The summed E-state index contributed by atoms with van der Waals surface area (Å²) in [5, 5.41) is 8.50. The first-order valence-corrected chi connectivity index (χ1v) is 8.25. The summed E-state index contributed by atoms with van der Waals surface area (Å²) >= 11 is 0. The van der Waals surface area contributed by atoms with Crippen molar-refractivity contribution in [2.24, 2.45) is 7.05 Å². The minimum Gasteiger partial charge on any atom is -0.367 e. The van der Waals surface area contributed by atoms with Crippen LogP contribution in [0.2, 0.25) is 0 Å². The Morgan fingerprint density at radius 3 is 2.80 bits per heavy atom. The lowest BCUT2D eigenvalue weighted by Gasteiger charge is -2.40. The van der Waals surface area contributed by atoms with E-state index in [1.54, 1.807) is 0 Å². The smallest absolute Gasteiger partial charge is 0.0855 e. The molecule has 1 aliphatic carbocycles. The van der Waals surface area contributed by atoms with Gasteiger partial charge in [-0.1, -0.05) is 26.2 Å². The van der Waals surface area contributed by atoms with Crippen molar-refractivity contribution in [3.05, 3.63) is 11.9 Å². The van der Waals surface area contributed by atoms with Crippen LogP contribution in [0.25, 0.3) is 0 Å². The van der Waals surface area contributed by atoms with E-state index in [-0.39, 0.29) is 0 Å². The Balaban J connectivity index is 1.84. The van der Waals surface area contributed by atoms with E-state index < -0.39 is 0 Å². The highest BCUT2D eigenvalue weighted by Crippen LogP contribution is 2.32. The van der Waals surface area contributed by atoms with Crippen LogP contribution in [-0.2, 0) is 13.5 Å². The first kappa shape index (κ1) is 13.9. The summed E-state index contributed by atoms with van der Waals surface area (Å²) in [6, 6.07) is 0. The summed E-state index contributed by atoms with van der Waals surface area (Å²) in [6.07, 6.45) is 11.3. The summed E-state index contributed by atoms with van der Waals surface area (Å²) in [7, 11) is 2.04. The van der Waals surface area contributed by atoms with Crippen molar-refractivity contribution in [2.75, 3.05) is 24.5 Å². The zero-order chi connectivity index (χ0) is 14.0. The van der Waals surface area contributed by atoms with Crippen molar-refractivity contribution in [1.82, 2.24) is 15.1 Å². The summed E-state index contributed by atoms with van der Waals surface area (Å²) < 4.78 is 1.97. The van der Waals surface area contributed by atoms with Gasteiger partial charge in [-0.2, -0.15) is 5.10 Å². The van der Waals surface area contributed by atoms with Crippen LogP contribution in [0, 0.1) is 0 Å². The Hall–Kier alpha value is -1.03. The maximum atomic E-state index is 4.62. The quantitative estimate of drug-likeness (QED) is 0.901. The predicted molar refractivity (Wildman–Crippen MR) is 83.2 cm³/mol. The standard InChI is InChI=1S/C16H28N4/c1-3-14-15(12-19(2)18-14)20-11-7-10-17-16(13-20)8-5-4-6-9-16/h12,17H,3-11,13H2,1-2H3. The van der Waals surface area contributed by atoms with E-state index in [0.717, 1.165) is 26.1 Å². The van der Waals surface area contributed by atoms with Gasteiger partial charge in [-0.05, 0) is 32.2 Å². The average molecular weight is 276 g/mol. The van der Waals surface area contributed by atoms with Crippen molar-refractivity contribution in [1.29, 1.82) is 0 Å². The fourth-order valence-corrected chi connectivity index (χ4v) is 3.93. The molecule has 0 radical (unpaired) electrons. The number of hydrogen-bond donors (Lipinski definition) is 1. The van der Waals surface area contributed by atoms with Crippen LogP contribution in [0.5, 0.6) is 0 Å². The molecular weight excluding hydrogens is 248 g/mol. The minimum absolute atomic E-state index is 0.357. The van der Waals surface area contributed by atoms with Crippen molar-refractivity contribution in [2.45, 2.75) is 57.4 Å². The molecule has 1 saturated carbocycles. The molecule has 1 N–H and O–H groups in total. The first-order valence-electron chi connectivity index (χ1n) is 8.25. The Morgan fingerprint density at radius 2 is 2.05 bits per heavy atom. The van der Waals surface area contributed by atoms with E-state index in [0.29, 0.717) is 5.54 Å². The molecule has 0 aromatic carbocycles. The predicted octanol–water partition coefficient (Wildman–Crippen LogP) is 2.49. The Bertz CT molecular complexity index is 445. The topological polar surface area (TPSA) is 33.1 Å². The number of nitrogens with zero attached hydrogens (tertiary/aromatic N) is 3. The van der Waals surface area contributed by atoms with Crippen molar-refractivity contribution >= 4 is 5.69 Å². The second-order valence-electron chi connectivity index (χ2n) is 6.53. The normalized spacial score (nSPS) is 23.0. The molecule has 1 saturated heterocycles. The van der Waals surface area contributed by atoms with Gasteiger partial charge in [0.05, 0.1) is 11.4 Å². The van der Waals surface area contributed by atoms with Gasteiger partial charge in [0.2, 0.25) is 0 Å². The van der Waals surface area contributed by atoms with Gasteiger partial charge in [0, 0.05) is 31.9 Å². The van der Waals surface area contributed by atoms with Crippen LogP contribution >= 0.6 is 0 Å². The highest BCUT2D eigenvalue weighted by Gasteiger charge is 2.35. The van der Waals surface area contributed by atoms with Gasteiger partial charge in [0.1, 0.15) is 0 Å². The largest absolute Gasteiger partial charge is 0.367 e. The van der Waals surface area contributed by atoms with E-state index in [9.17, 15) is 0 Å². The molecule has 0 unspecified atom stereocenters. The van der Waals surface area contributed by atoms with E-state index in [1.165, 1.54) is 49.9 Å². The van der Waals surface area contributed by atoms with E-state index in [1.807, 2.05) is 11.7 Å². The third-order valence-corrected chi connectivity index (χ3v) is 4.97. The Labute approximate surface area is 122 Å². The molecule has 2 fully saturated rings. The van der Waals surface area contributed by atoms with E-state index in [2.05, 4.69) is 28.4 Å². The van der Waals surface area contributed by atoms with Crippen LogP contribution < -0.4 is 10.2 Å². The minimum atomic E-state index is 0.357. The second-order valence-corrected chi connectivity index (χ2v) is 6.53. The highest BCUT2D eigenvalue weighted by molar-refractivity contribution is 5.50. The number of aryl methyl sites for hydroxylation is 2. The molecule has 1 aliphatic heterocycles. The lowest BCUT2D eigenvalue weighted by atomic mass is 9.81. The van der Waals surface area contributed by atoms with Crippen molar-refractivity contribution in [3.63, 3.8) is 0 Å². The van der Waals surface area contributed by atoms with Crippen molar-refractivity contribution in [3.8, 4) is 0 Å². The SMILES string of the molecule is CCc1nn(C)cc1N1CCCNC2(CCCCC2)C1. The van der Waals surface area contributed by atoms with Gasteiger partial charge in [-0.25, -0.2) is 0 Å². The lowest BCUT2D eigenvalue weighted by Crippen LogP contribution is -2.52. The molecule has 4 heteroatoms. The lowest BCUT2D eigenvalue weighted by molar-refractivity contribution is 0.246. The first-order chi connectivity index (χ1) is 9.72. The molecule has 2 heterocycles. The zero-order valence-electron chi connectivity index (χ0n) is 13.0. The molecule has 0 atom stereocenters. The summed E-state index contributed by atoms with van der Waals surface area (Å²) in [5.41, 5.74) is 2.97. The van der Waals surface area contributed by atoms with Crippen LogP contribution in [-0.4, -0.2) is 35.0 Å². The fraction of sp³-hybridized carbons (Fsp3) is 0.812. The van der Waals surface area contributed by atoms with Gasteiger partial charge >= 0.3 is 0 Å². The summed E-state index contributed by atoms with van der Waals surface area (Å²) in [5.74, 6) is 0. The van der Waals surface area contributed by atoms with Crippen molar-refractivity contribution < 1.29 is 0 Å². The molecule has 2 aliphatic rings. The molecule has 20 heavy (non-hydrogen) atoms.